The summed E-state index contributed by atoms with van der Waals surface area (Å²) in [5.41, 5.74) is 0.387. The van der Waals surface area contributed by atoms with Gasteiger partial charge in [-0.25, -0.2) is 8.42 Å². The molecule has 0 aromatic carbocycles. The first-order chi connectivity index (χ1) is 7.43. The number of hydrogen-bond acceptors (Lipinski definition) is 4. The van der Waals surface area contributed by atoms with Crippen LogP contribution in [0.2, 0.25) is 0 Å². The van der Waals surface area contributed by atoms with Crippen molar-refractivity contribution in [2.45, 2.75) is 18.1 Å². The minimum Gasteiger partial charge on any atom is -0.315 e. The number of rotatable bonds is 5. The van der Waals surface area contributed by atoms with E-state index in [1.165, 1.54) is 10.4 Å². The van der Waals surface area contributed by atoms with Crippen molar-refractivity contribution in [1.29, 1.82) is 0 Å². The molecule has 0 saturated heterocycles. The lowest BCUT2D eigenvalue weighted by Gasteiger charge is -2.17. The van der Waals surface area contributed by atoms with E-state index in [0.29, 0.717) is 23.6 Å². The van der Waals surface area contributed by atoms with Gasteiger partial charge in [-0.1, -0.05) is 24.3 Å². The molecule has 0 atom stereocenters. The van der Waals surface area contributed by atoms with E-state index in [-0.39, 0.29) is 15.6 Å². The average molecular weight is 262 g/mol. The summed E-state index contributed by atoms with van der Waals surface area (Å²) in [6.07, 6.45) is 1.52. The monoisotopic (exact) mass is 262 g/mol. The summed E-state index contributed by atoms with van der Waals surface area (Å²) in [5, 5.41) is 0. The summed E-state index contributed by atoms with van der Waals surface area (Å²) in [4.78, 5) is 13.2. The normalized spacial score (nSPS) is 11.9. The fourth-order valence-corrected chi connectivity index (χ4v) is 4.15. The molecule has 90 valence electrons. The highest BCUT2D eigenvalue weighted by Gasteiger charge is 2.26. The summed E-state index contributed by atoms with van der Waals surface area (Å²) in [7, 11) is -3.57. The van der Waals surface area contributed by atoms with Gasteiger partial charge in [0.05, 0.1) is 0 Å². The van der Waals surface area contributed by atoms with Gasteiger partial charge in [-0.2, -0.15) is 4.31 Å². The molecular weight excluding hydrogens is 248 g/mol. The molecule has 5 nitrogen and oxygen atoms in total. The molecule has 0 amide bonds. The topological polar surface area (TPSA) is 70.2 Å². The van der Waals surface area contributed by atoms with E-state index in [9.17, 15) is 13.2 Å². The van der Waals surface area contributed by atoms with Crippen molar-refractivity contribution < 1.29 is 8.42 Å². The van der Waals surface area contributed by atoms with Crippen LogP contribution in [0.4, 0.5) is 0 Å². The van der Waals surface area contributed by atoms with E-state index < -0.39 is 10.0 Å². The van der Waals surface area contributed by atoms with Gasteiger partial charge in [-0.05, 0) is 6.92 Å². The van der Waals surface area contributed by atoms with Gasteiger partial charge in [-0.3, -0.25) is 4.79 Å². The van der Waals surface area contributed by atoms with Gasteiger partial charge in [0.1, 0.15) is 0 Å². The summed E-state index contributed by atoms with van der Waals surface area (Å²) < 4.78 is 25.6. The molecule has 0 aliphatic heterocycles. The maximum atomic E-state index is 12.1. The van der Waals surface area contributed by atoms with Crippen LogP contribution in [-0.2, 0) is 10.0 Å². The Labute approximate surface area is 98.5 Å². The lowest BCUT2D eigenvalue weighted by molar-refractivity contribution is 0.461. The SMILES string of the molecule is C=CCN(CC)S(=O)(=O)c1sc(=O)[nH]c1C. The van der Waals surface area contributed by atoms with Crippen LogP contribution in [0.1, 0.15) is 12.6 Å². The Morgan fingerprint density at radius 3 is 2.56 bits per heavy atom. The first kappa shape index (κ1) is 13.1. The van der Waals surface area contributed by atoms with Crippen LogP contribution < -0.4 is 4.87 Å². The molecule has 1 rings (SSSR count). The number of nitrogens with one attached hydrogen (secondary N) is 1. The van der Waals surface area contributed by atoms with Crippen LogP contribution in [0.3, 0.4) is 0 Å². The van der Waals surface area contributed by atoms with Gasteiger partial charge in [-0.15, -0.1) is 6.58 Å². The lowest BCUT2D eigenvalue weighted by atomic mass is 10.6. The molecule has 0 aliphatic carbocycles. The van der Waals surface area contributed by atoms with Gasteiger partial charge >= 0.3 is 4.87 Å². The molecular formula is C9H14N2O3S2. The number of likely N-dealkylation sites (N-methyl/N-ethyl adjacent to an activating group) is 1. The second kappa shape index (κ2) is 4.94. The molecule has 0 radical (unpaired) electrons. The maximum absolute atomic E-state index is 12.1. The Morgan fingerprint density at radius 2 is 2.19 bits per heavy atom. The first-order valence-electron chi connectivity index (χ1n) is 4.74. The van der Waals surface area contributed by atoms with E-state index in [0.717, 1.165) is 0 Å². The number of aromatic nitrogens is 1. The smallest absolute Gasteiger partial charge is 0.305 e. The van der Waals surface area contributed by atoms with Crippen molar-refractivity contribution in [3.05, 3.63) is 28.0 Å². The van der Waals surface area contributed by atoms with Crippen molar-refractivity contribution in [2.75, 3.05) is 13.1 Å². The minimum absolute atomic E-state index is 0.0844. The molecule has 16 heavy (non-hydrogen) atoms. The molecule has 0 aliphatic rings. The van der Waals surface area contributed by atoms with Crippen LogP contribution in [0.15, 0.2) is 21.7 Å². The highest BCUT2D eigenvalue weighted by atomic mass is 32.2. The van der Waals surface area contributed by atoms with E-state index in [1.54, 1.807) is 13.8 Å². The largest absolute Gasteiger partial charge is 0.315 e. The van der Waals surface area contributed by atoms with Crippen molar-refractivity contribution in [3.63, 3.8) is 0 Å². The molecule has 0 fully saturated rings. The Hall–Kier alpha value is -0.920. The standard InChI is InChI=1S/C9H14N2O3S2/c1-4-6-11(5-2)16(13,14)8-7(3)10-9(12)15-8/h4H,1,5-6H2,2-3H3,(H,10,12). The first-order valence-corrected chi connectivity index (χ1v) is 7.00. The van der Waals surface area contributed by atoms with E-state index in [2.05, 4.69) is 11.6 Å². The Kier molecular flexibility index (Phi) is 4.06. The molecule has 1 N–H and O–H groups in total. The quantitative estimate of drug-likeness (QED) is 0.803. The zero-order chi connectivity index (χ0) is 12.3. The van der Waals surface area contributed by atoms with Gasteiger partial charge < -0.3 is 4.98 Å². The van der Waals surface area contributed by atoms with E-state index in [1.807, 2.05) is 0 Å². The van der Waals surface area contributed by atoms with Gasteiger partial charge in [0.25, 0.3) is 10.0 Å². The lowest BCUT2D eigenvalue weighted by Crippen LogP contribution is -2.30. The fraction of sp³-hybridized carbons (Fsp3) is 0.444. The minimum atomic E-state index is -3.57. The molecule has 1 heterocycles. The maximum Gasteiger partial charge on any atom is 0.305 e. The van der Waals surface area contributed by atoms with Crippen molar-refractivity contribution >= 4 is 21.4 Å². The summed E-state index contributed by atoms with van der Waals surface area (Å²) in [5.74, 6) is 0. The Balaban J connectivity index is 3.24. The summed E-state index contributed by atoms with van der Waals surface area (Å²) in [6, 6.07) is 0. The number of nitrogens with zero attached hydrogens (tertiary/aromatic N) is 1. The number of aromatic amines is 1. The second-order valence-electron chi connectivity index (χ2n) is 3.17. The van der Waals surface area contributed by atoms with Crippen LogP contribution in [-0.4, -0.2) is 30.8 Å². The molecule has 1 aromatic heterocycles. The summed E-state index contributed by atoms with van der Waals surface area (Å²) in [6.45, 7) is 7.42. The number of aryl methyl sites for hydroxylation is 1. The molecule has 0 spiro atoms. The Morgan fingerprint density at radius 1 is 1.56 bits per heavy atom. The third-order valence-corrected chi connectivity index (χ3v) is 5.56. The van der Waals surface area contributed by atoms with E-state index in [4.69, 9.17) is 0 Å². The molecule has 7 heteroatoms. The van der Waals surface area contributed by atoms with Crippen LogP contribution in [0.5, 0.6) is 0 Å². The van der Waals surface area contributed by atoms with Gasteiger partial charge in [0.15, 0.2) is 4.21 Å². The van der Waals surface area contributed by atoms with Crippen LogP contribution in [0, 0.1) is 6.92 Å². The highest BCUT2D eigenvalue weighted by molar-refractivity contribution is 7.91. The number of thiazole rings is 1. The predicted molar refractivity (Wildman–Crippen MR) is 64.3 cm³/mol. The number of sulfonamides is 1. The molecule has 0 unspecified atom stereocenters. The highest BCUT2D eigenvalue weighted by Crippen LogP contribution is 2.20. The third kappa shape index (κ3) is 2.42. The number of H-pyrrole nitrogens is 1. The van der Waals surface area contributed by atoms with Gasteiger partial charge in [0, 0.05) is 18.8 Å². The molecule has 0 saturated carbocycles. The van der Waals surface area contributed by atoms with Crippen molar-refractivity contribution in [3.8, 4) is 0 Å². The number of hydrogen-bond donors (Lipinski definition) is 1. The zero-order valence-corrected chi connectivity index (χ0v) is 10.8. The summed E-state index contributed by atoms with van der Waals surface area (Å²) >= 11 is 0.716. The van der Waals surface area contributed by atoms with Gasteiger partial charge in [0.2, 0.25) is 0 Å². The van der Waals surface area contributed by atoms with Crippen LogP contribution in [0.25, 0.3) is 0 Å². The fourth-order valence-electron chi connectivity index (χ4n) is 1.29. The second-order valence-corrected chi connectivity index (χ2v) is 6.29. The molecule has 1 aromatic rings. The molecule has 0 bridgehead atoms. The van der Waals surface area contributed by atoms with E-state index >= 15 is 0 Å². The average Bonchev–Trinajstić information content (AvgIpc) is 2.54. The Bertz CT molecular complexity index is 527. The third-order valence-electron chi connectivity index (χ3n) is 2.04. The predicted octanol–water partition coefficient (Wildman–Crippen LogP) is 0.941. The zero-order valence-electron chi connectivity index (χ0n) is 9.19. The van der Waals surface area contributed by atoms with Crippen molar-refractivity contribution in [1.82, 2.24) is 9.29 Å². The van der Waals surface area contributed by atoms with Crippen LogP contribution >= 0.6 is 11.3 Å². The van der Waals surface area contributed by atoms with Crippen molar-refractivity contribution in [2.24, 2.45) is 0 Å².